The third-order valence-electron chi connectivity index (χ3n) is 3.06. The van der Waals surface area contributed by atoms with Crippen LogP contribution in [0.25, 0.3) is 0 Å². The van der Waals surface area contributed by atoms with Crippen LogP contribution in [0.2, 0.25) is 0 Å². The molecule has 0 saturated heterocycles. The summed E-state index contributed by atoms with van der Waals surface area (Å²) in [5.74, 6) is 0.612. The molecule has 2 N–H and O–H groups in total. The van der Waals surface area contributed by atoms with Crippen LogP contribution in [0, 0.1) is 0 Å². The first-order valence-electron chi connectivity index (χ1n) is 6.16. The first-order chi connectivity index (χ1) is 8.33. The molecule has 0 aliphatic heterocycles. The first kappa shape index (κ1) is 12.3. The number of hydrogen-bond acceptors (Lipinski definition) is 6. The standard InChI is InChI=1S/C11H20N4O2/c1-3-12-7-10-14-15-11(17-10)13-8-5-4-6-9(8)16-2/h8-9,12H,3-7H2,1-2H3,(H,13,15). The van der Waals surface area contributed by atoms with E-state index < -0.39 is 0 Å². The summed E-state index contributed by atoms with van der Waals surface area (Å²) in [6.07, 6.45) is 3.60. The lowest BCUT2D eigenvalue weighted by Gasteiger charge is -2.17. The second-order valence-corrected chi connectivity index (χ2v) is 4.24. The van der Waals surface area contributed by atoms with Crippen molar-refractivity contribution in [2.45, 2.75) is 44.9 Å². The van der Waals surface area contributed by atoms with Crippen LogP contribution in [0.15, 0.2) is 4.42 Å². The maximum atomic E-state index is 5.49. The Bertz CT molecular complexity index is 342. The second kappa shape index (κ2) is 5.97. The van der Waals surface area contributed by atoms with Crippen molar-refractivity contribution >= 4 is 6.01 Å². The van der Waals surface area contributed by atoms with Gasteiger partial charge >= 0.3 is 6.01 Å². The van der Waals surface area contributed by atoms with Crippen molar-refractivity contribution in [3.8, 4) is 0 Å². The zero-order valence-electron chi connectivity index (χ0n) is 10.4. The highest BCUT2D eigenvalue weighted by Gasteiger charge is 2.28. The van der Waals surface area contributed by atoms with Gasteiger partial charge in [0.25, 0.3) is 0 Å². The number of anilines is 1. The van der Waals surface area contributed by atoms with Gasteiger partial charge in [-0.3, -0.25) is 0 Å². The lowest BCUT2D eigenvalue weighted by atomic mass is 10.2. The third-order valence-corrected chi connectivity index (χ3v) is 3.06. The molecule has 1 aliphatic carbocycles. The van der Waals surface area contributed by atoms with E-state index in [1.807, 2.05) is 6.92 Å². The van der Waals surface area contributed by atoms with Crippen LogP contribution in [-0.2, 0) is 11.3 Å². The summed E-state index contributed by atoms with van der Waals surface area (Å²) in [6, 6.07) is 0.777. The van der Waals surface area contributed by atoms with Crippen LogP contribution in [0.5, 0.6) is 0 Å². The molecule has 0 aromatic carbocycles. The zero-order valence-corrected chi connectivity index (χ0v) is 10.4. The first-order valence-corrected chi connectivity index (χ1v) is 6.16. The summed E-state index contributed by atoms with van der Waals surface area (Å²) >= 11 is 0. The predicted molar refractivity (Wildman–Crippen MR) is 63.7 cm³/mol. The minimum absolute atomic E-state index is 0.249. The highest BCUT2D eigenvalue weighted by Crippen LogP contribution is 2.24. The minimum Gasteiger partial charge on any atom is -0.407 e. The largest absolute Gasteiger partial charge is 0.407 e. The van der Waals surface area contributed by atoms with Gasteiger partial charge in [0.1, 0.15) is 0 Å². The Morgan fingerprint density at radius 3 is 3.06 bits per heavy atom. The predicted octanol–water partition coefficient (Wildman–Crippen LogP) is 1.16. The lowest BCUT2D eigenvalue weighted by Crippen LogP contribution is -2.29. The highest BCUT2D eigenvalue weighted by atomic mass is 16.5. The van der Waals surface area contributed by atoms with Crippen molar-refractivity contribution in [1.29, 1.82) is 0 Å². The molecule has 1 fully saturated rings. The van der Waals surface area contributed by atoms with E-state index in [1.165, 1.54) is 6.42 Å². The third kappa shape index (κ3) is 3.17. The number of nitrogens with zero attached hydrogens (tertiary/aromatic N) is 2. The summed E-state index contributed by atoms with van der Waals surface area (Å²) in [5.41, 5.74) is 0. The molecular weight excluding hydrogens is 220 g/mol. The van der Waals surface area contributed by atoms with Crippen molar-refractivity contribution in [2.75, 3.05) is 19.0 Å². The fourth-order valence-electron chi connectivity index (χ4n) is 2.15. The van der Waals surface area contributed by atoms with Crippen LogP contribution >= 0.6 is 0 Å². The molecule has 2 unspecified atom stereocenters. The average molecular weight is 240 g/mol. The topological polar surface area (TPSA) is 72.2 Å². The molecule has 0 bridgehead atoms. The summed E-state index contributed by atoms with van der Waals surface area (Å²) in [7, 11) is 1.75. The van der Waals surface area contributed by atoms with E-state index >= 15 is 0 Å². The van der Waals surface area contributed by atoms with Crippen LogP contribution in [0.4, 0.5) is 6.01 Å². The summed E-state index contributed by atoms with van der Waals surface area (Å²) in [4.78, 5) is 0. The van der Waals surface area contributed by atoms with E-state index in [2.05, 4.69) is 20.8 Å². The van der Waals surface area contributed by atoms with Gasteiger partial charge in [0.2, 0.25) is 5.89 Å². The number of aromatic nitrogens is 2. The van der Waals surface area contributed by atoms with E-state index in [-0.39, 0.29) is 12.1 Å². The van der Waals surface area contributed by atoms with E-state index in [0.29, 0.717) is 18.5 Å². The van der Waals surface area contributed by atoms with Crippen LogP contribution in [-0.4, -0.2) is 36.0 Å². The Hall–Kier alpha value is -1.14. The molecule has 6 heteroatoms. The van der Waals surface area contributed by atoms with Crippen LogP contribution in [0.1, 0.15) is 32.1 Å². The van der Waals surface area contributed by atoms with E-state index in [1.54, 1.807) is 7.11 Å². The van der Waals surface area contributed by atoms with E-state index in [9.17, 15) is 0 Å². The molecule has 1 aromatic heterocycles. The fourth-order valence-corrected chi connectivity index (χ4v) is 2.15. The van der Waals surface area contributed by atoms with Gasteiger partial charge in [0, 0.05) is 7.11 Å². The number of hydrogen-bond donors (Lipinski definition) is 2. The van der Waals surface area contributed by atoms with Gasteiger partial charge in [-0.1, -0.05) is 12.0 Å². The molecule has 17 heavy (non-hydrogen) atoms. The van der Waals surface area contributed by atoms with E-state index in [4.69, 9.17) is 9.15 Å². The normalized spacial score (nSPS) is 24.1. The molecule has 0 spiro atoms. The van der Waals surface area contributed by atoms with Gasteiger partial charge in [0.15, 0.2) is 0 Å². The summed E-state index contributed by atoms with van der Waals surface area (Å²) in [6.45, 7) is 3.54. The van der Waals surface area contributed by atoms with Gasteiger partial charge in [0.05, 0.1) is 18.7 Å². The van der Waals surface area contributed by atoms with E-state index in [0.717, 1.165) is 19.4 Å². The van der Waals surface area contributed by atoms with Gasteiger partial charge in [-0.05, 0) is 25.8 Å². The minimum atomic E-state index is 0.249. The average Bonchev–Trinajstić information content (AvgIpc) is 2.96. The maximum Gasteiger partial charge on any atom is 0.315 e. The van der Waals surface area contributed by atoms with Crippen molar-refractivity contribution in [1.82, 2.24) is 15.5 Å². The van der Waals surface area contributed by atoms with Crippen molar-refractivity contribution in [3.05, 3.63) is 5.89 Å². The summed E-state index contributed by atoms with van der Waals surface area (Å²) < 4.78 is 10.9. The number of methoxy groups -OCH3 is 1. The fraction of sp³-hybridized carbons (Fsp3) is 0.818. The Balaban J connectivity index is 1.87. The van der Waals surface area contributed by atoms with Gasteiger partial charge < -0.3 is 19.8 Å². The molecule has 1 heterocycles. The molecular formula is C11H20N4O2. The number of ether oxygens (including phenoxy) is 1. The molecule has 0 radical (unpaired) electrons. The Morgan fingerprint density at radius 2 is 2.29 bits per heavy atom. The zero-order chi connectivity index (χ0) is 12.1. The smallest absolute Gasteiger partial charge is 0.315 e. The van der Waals surface area contributed by atoms with Crippen LogP contribution in [0.3, 0.4) is 0 Å². The highest BCUT2D eigenvalue weighted by molar-refractivity contribution is 5.21. The molecule has 2 atom stereocenters. The monoisotopic (exact) mass is 240 g/mol. The maximum absolute atomic E-state index is 5.49. The van der Waals surface area contributed by atoms with Gasteiger partial charge in [-0.25, -0.2) is 0 Å². The molecule has 1 aromatic rings. The SMILES string of the molecule is CCNCc1nnc(NC2CCCC2OC)o1. The molecule has 0 amide bonds. The van der Waals surface area contributed by atoms with Crippen molar-refractivity contribution in [3.63, 3.8) is 0 Å². The molecule has 1 saturated carbocycles. The lowest BCUT2D eigenvalue weighted by molar-refractivity contribution is 0.100. The quantitative estimate of drug-likeness (QED) is 0.777. The van der Waals surface area contributed by atoms with Crippen LogP contribution < -0.4 is 10.6 Å². The summed E-state index contributed by atoms with van der Waals surface area (Å²) in [5, 5.41) is 14.3. The second-order valence-electron chi connectivity index (χ2n) is 4.24. The Labute approximate surface area is 101 Å². The number of nitrogens with one attached hydrogen (secondary N) is 2. The molecule has 1 aliphatic rings. The molecule has 96 valence electrons. The molecule has 2 rings (SSSR count). The Kier molecular flexibility index (Phi) is 4.33. The molecule has 6 nitrogen and oxygen atoms in total. The van der Waals surface area contributed by atoms with Crippen molar-refractivity contribution < 1.29 is 9.15 Å². The van der Waals surface area contributed by atoms with Gasteiger partial charge in [-0.15, -0.1) is 5.10 Å². The number of rotatable bonds is 6. The van der Waals surface area contributed by atoms with Crippen molar-refractivity contribution in [2.24, 2.45) is 0 Å². The van der Waals surface area contributed by atoms with Gasteiger partial charge in [-0.2, -0.15) is 0 Å². The Morgan fingerprint density at radius 1 is 1.41 bits per heavy atom.